The second-order valence-corrected chi connectivity index (χ2v) is 6.98. The van der Waals surface area contributed by atoms with E-state index in [2.05, 4.69) is 25.6 Å². The highest BCUT2D eigenvalue weighted by Crippen LogP contribution is 2.31. The van der Waals surface area contributed by atoms with Gasteiger partial charge in [0.05, 0.1) is 5.56 Å². The van der Waals surface area contributed by atoms with Gasteiger partial charge in [-0.3, -0.25) is 14.7 Å². The summed E-state index contributed by atoms with van der Waals surface area (Å²) in [6.45, 7) is 2.08. The van der Waals surface area contributed by atoms with Crippen molar-refractivity contribution in [3.63, 3.8) is 0 Å². The SMILES string of the molecule is O=C(Nc1ncc(C2CCNCC2)s1)c1ccc(-n2ccnc2)nc1. The molecule has 0 spiro atoms. The van der Waals surface area contributed by atoms with Crippen molar-refractivity contribution in [3.8, 4) is 5.82 Å². The number of thiazole rings is 1. The van der Waals surface area contributed by atoms with Crippen molar-refractivity contribution in [2.75, 3.05) is 18.4 Å². The van der Waals surface area contributed by atoms with Crippen LogP contribution in [0.1, 0.15) is 34.0 Å². The number of carbonyl (C=O) groups is 1. The highest BCUT2D eigenvalue weighted by Gasteiger charge is 2.18. The Hall–Kier alpha value is -2.58. The minimum Gasteiger partial charge on any atom is -0.317 e. The van der Waals surface area contributed by atoms with Crippen molar-refractivity contribution < 1.29 is 4.79 Å². The molecule has 1 fully saturated rings. The topological polar surface area (TPSA) is 84.7 Å². The Morgan fingerprint density at radius 2 is 2.12 bits per heavy atom. The molecule has 1 aliphatic rings. The molecule has 0 radical (unpaired) electrons. The van der Waals surface area contributed by atoms with E-state index in [0.717, 1.165) is 31.7 Å². The number of rotatable bonds is 4. The first kappa shape index (κ1) is 15.9. The van der Waals surface area contributed by atoms with Crippen LogP contribution in [0, 0.1) is 0 Å². The Kier molecular flexibility index (Phi) is 4.53. The third-order valence-electron chi connectivity index (χ3n) is 4.26. The maximum absolute atomic E-state index is 12.4. The maximum Gasteiger partial charge on any atom is 0.259 e. The first-order valence-electron chi connectivity index (χ1n) is 8.22. The largest absolute Gasteiger partial charge is 0.317 e. The third-order valence-corrected chi connectivity index (χ3v) is 5.34. The van der Waals surface area contributed by atoms with Crippen molar-refractivity contribution in [2.24, 2.45) is 0 Å². The summed E-state index contributed by atoms with van der Waals surface area (Å²) in [5.41, 5.74) is 0.502. The molecule has 0 atom stereocenters. The monoisotopic (exact) mass is 354 g/mol. The Labute approximate surface area is 149 Å². The Bertz CT molecular complexity index is 836. The molecule has 2 N–H and O–H groups in total. The summed E-state index contributed by atoms with van der Waals surface area (Å²) in [5.74, 6) is 1.06. The lowest BCUT2D eigenvalue weighted by Gasteiger charge is -2.20. The van der Waals surface area contributed by atoms with Crippen LogP contribution < -0.4 is 10.6 Å². The van der Waals surface area contributed by atoms with Crippen LogP contribution in [-0.2, 0) is 0 Å². The van der Waals surface area contributed by atoms with Crippen LogP contribution in [0.3, 0.4) is 0 Å². The number of piperidine rings is 1. The lowest BCUT2D eigenvalue weighted by atomic mass is 9.97. The van der Waals surface area contributed by atoms with Crippen molar-refractivity contribution in [3.05, 3.63) is 53.7 Å². The Morgan fingerprint density at radius 1 is 1.24 bits per heavy atom. The molecular weight excluding hydrogens is 336 g/mol. The van der Waals surface area contributed by atoms with Gasteiger partial charge in [0.15, 0.2) is 5.13 Å². The lowest BCUT2D eigenvalue weighted by Crippen LogP contribution is -2.26. The molecule has 0 unspecified atom stereocenters. The first-order chi connectivity index (χ1) is 12.3. The van der Waals surface area contributed by atoms with E-state index >= 15 is 0 Å². The second kappa shape index (κ2) is 7.12. The van der Waals surface area contributed by atoms with Gasteiger partial charge in [-0.25, -0.2) is 15.0 Å². The lowest BCUT2D eigenvalue weighted by molar-refractivity contribution is 0.102. The molecule has 1 amide bonds. The normalized spacial score (nSPS) is 15.2. The molecule has 128 valence electrons. The summed E-state index contributed by atoms with van der Waals surface area (Å²) in [4.78, 5) is 26.3. The zero-order chi connectivity index (χ0) is 17.1. The maximum atomic E-state index is 12.4. The molecular formula is C17H18N6OS. The second-order valence-electron chi connectivity index (χ2n) is 5.92. The fourth-order valence-corrected chi connectivity index (χ4v) is 3.86. The molecule has 0 aromatic carbocycles. The van der Waals surface area contributed by atoms with Gasteiger partial charge in [-0.1, -0.05) is 0 Å². The highest BCUT2D eigenvalue weighted by atomic mass is 32.1. The van der Waals surface area contributed by atoms with Crippen molar-refractivity contribution >= 4 is 22.4 Å². The van der Waals surface area contributed by atoms with Gasteiger partial charge in [0.1, 0.15) is 12.1 Å². The molecule has 0 aliphatic carbocycles. The van der Waals surface area contributed by atoms with Crippen LogP contribution in [-0.4, -0.2) is 38.5 Å². The molecule has 0 bridgehead atoms. The Balaban J connectivity index is 1.42. The summed E-state index contributed by atoms with van der Waals surface area (Å²) >= 11 is 1.56. The average Bonchev–Trinajstić information content (AvgIpc) is 3.35. The summed E-state index contributed by atoms with van der Waals surface area (Å²) in [6, 6.07) is 3.54. The van der Waals surface area contributed by atoms with Crippen LogP contribution in [0.15, 0.2) is 43.2 Å². The van der Waals surface area contributed by atoms with E-state index in [1.54, 1.807) is 53.0 Å². The predicted molar refractivity (Wildman–Crippen MR) is 96.3 cm³/mol. The minimum atomic E-state index is -0.198. The van der Waals surface area contributed by atoms with Crippen LogP contribution in [0.25, 0.3) is 5.82 Å². The Morgan fingerprint density at radius 3 is 2.84 bits per heavy atom. The van der Waals surface area contributed by atoms with Crippen LogP contribution >= 0.6 is 11.3 Å². The van der Waals surface area contributed by atoms with E-state index in [0.29, 0.717) is 16.6 Å². The molecule has 3 aromatic heterocycles. The molecule has 1 saturated heterocycles. The zero-order valence-electron chi connectivity index (χ0n) is 13.6. The minimum absolute atomic E-state index is 0.198. The molecule has 8 heteroatoms. The number of pyridine rings is 1. The van der Waals surface area contributed by atoms with Crippen LogP contribution in [0.5, 0.6) is 0 Å². The molecule has 4 heterocycles. The summed E-state index contributed by atoms with van der Waals surface area (Å²) in [7, 11) is 0. The van der Waals surface area contributed by atoms with E-state index in [1.807, 2.05) is 6.20 Å². The van der Waals surface area contributed by atoms with E-state index in [-0.39, 0.29) is 5.91 Å². The van der Waals surface area contributed by atoms with Gasteiger partial charge in [-0.05, 0) is 44.0 Å². The number of imidazole rings is 1. The van der Waals surface area contributed by atoms with E-state index in [1.165, 1.54) is 4.88 Å². The van der Waals surface area contributed by atoms with Crippen molar-refractivity contribution in [2.45, 2.75) is 18.8 Å². The number of nitrogens with one attached hydrogen (secondary N) is 2. The third kappa shape index (κ3) is 3.59. The summed E-state index contributed by atoms with van der Waals surface area (Å²) in [6.07, 6.45) is 10.8. The first-order valence-corrected chi connectivity index (χ1v) is 9.03. The number of anilines is 1. The number of aromatic nitrogens is 4. The number of hydrogen-bond donors (Lipinski definition) is 2. The van der Waals surface area contributed by atoms with Gasteiger partial charge in [-0.2, -0.15) is 0 Å². The average molecular weight is 354 g/mol. The standard InChI is InChI=1S/C17H18N6OS/c24-16(13-1-2-15(20-9-13)23-8-7-19-11-23)22-17-21-10-14(25-17)12-3-5-18-6-4-12/h1-2,7-12,18H,3-6H2,(H,21,22,24). The van der Waals surface area contributed by atoms with Gasteiger partial charge in [-0.15, -0.1) is 11.3 Å². The van der Waals surface area contributed by atoms with Crippen LogP contribution in [0.2, 0.25) is 0 Å². The molecule has 1 aliphatic heterocycles. The van der Waals surface area contributed by atoms with Gasteiger partial charge < -0.3 is 5.32 Å². The fourth-order valence-electron chi connectivity index (χ4n) is 2.88. The van der Waals surface area contributed by atoms with Gasteiger partial charge >= 0.3 is 0 Å². The van der Waals surface area contributed by atoms with Gasteiger partial charge in [0.2, 0.25) is 0 Å². The highest BCUT2D eigenvalue weighted by molar-refractivity contribution is 7.15. The van der Waals surface area contributed by atoms with Crippen LogP contribution in [0.4, 0.5) is 5.13 Å². The zero-order valence-corrected chi connectivity index (χ0v) is 14.4. The fraction of sp³-hybridized carbons (Fsp3) is 0.294. The smallest absolute Gasteiger partial charge is 0.259 e. The summed E-state index contributed by atoms with van der Waals surface area (Å²) < 4.78 is 1.79. The molecule has 25 heavy (non-hydrogen) atoms. The van der Waals surface area contributed by atoms with E-state index in [9.17, 15) is 4.79 Å². The van der Waals surface area contributed by atoms with E-state index < -0.39 is 0 Å². The molecule has 4 rings (SSSR count). The molecule has 3 aromatic rings. The van der Waals surface area contributed by atoms with Gasteiger partial charge in [0, 0.05) is 29.7 Å². The van der Waals surface area contributed by atoms with Gasteiger partial charge in [0.25, 0.3) is 5.91 Å². The number of amides is 1. The number of carbonyl (C=O) groups excluding carboxylic acids is 1. The number of hydrogen-bond acceptors (Lipinski definition) is 6. The quantitative estimate of drug-likeness (QED) is 0.752. The predicted octanol–water partition coefficient (Wildman–Crippen LogP) is 2.44. The summed E-state index contributed by atoms with van der Waals surface area (Å²) in [5, 5.41) is 6.86. The van der Waals surface area contributed by atoms with E-state index in [4.69, 9.17) is 0 Å². The molecule has 7 nitrogen and oxygen atoms in total. The number of nitrogens with zero attached hydrogens (tertiary/aromatic N) is 4. The molecule has 0 saturated carbocycles. The van der Waals surface area contributed by atoms with Crippen molar-refractivity contribution in [1.29, 1.82) is 0 Å². The van der Waals surface area contributed by atoms with Crippen molar-refractivity contribution in [1.82, 2.24) is 24.8 Å².